The number of pyridine rings is 1. The zero-order valence-electron chi connectivity index (χ0n) is 15.2. The van der Waals surface area contributed by atoms with Gasteiger partial charge in [0, 0.05) is 23.3 Å². The van der Waals surface area contributed by atoms with Gasteiger partial charge in [0.25, 0.3) is 5.91 Å². The number of carbonyl (C=O) groups is 1. The van der Waals surface area contributed by atoms with Crippen LogP contribution in [-0.2, 0) is 6.42 Å². The fourth-order valence-electron chi connectivity index (χ4n) is 2.97. The summed E-state index contributed by atoms with van der Waals surface area (Å²) < 4.78 is 1.86. The molecule has 0 radical (unpaired) electrons. The lowest BCUT2D eigenvalue weighted by molar-refractivity contribution is 0.0951. The Bertz CT molecular complexity index is 905. The maximum atomic E-state index is 12.5. The third kappa shape index (κ3) is 3.80. The highest BCUT2D eigenvalue weighted by molar-refractivity contribution is 7.98. The molecule has 0 bridgehead atoms. The summed E-state index contributed by atoms with van der Waals surface area (Å²) in [5, 5.41) is 7.62. The van der Waals surface area contributed by atoms with Crippen LogP contribution in [-0.4, -0.2) is 33.5 Å². The van der Waals surface area contributed by atoms with Crippen LogP contribution in [0.2, 0.25) is 0 Å². The van der Waals surface area contributed by atoms with Gasteiger partial charge in [0.1, 0.15) is 0 Å². The van der Waals surface area contributed by atoms with E-state index in [2.05, 4.69) is 15.4 Å². The van der Waals surface area contributed by atoms with Crippen LogP contribution in [0.15, 0.2) is 53.6 Å². The van der Waals surface area contributed by atoms with E-state index in [1.165, 1.54) is 0 Å². The molecule has 0 spiro atoms. The van der Waals surface area contributed by atoms with Gasteiger partial charge in [-0.15, -0.1) is 11.8 Å². The maximum absolute atomic E-state index is 12.5. The van der Waals surface area contributed by atoms with Gasteiger partial charge in [0.2, 0.25) is 0 Å². The van der Waals surface area contributed by atoms with Gasteiger partial charge in [0.15, 0.2) is 5.82 Å². The van der Waals surface area contributed by atoms with Crippen LogP contribution in [0.25, 0.3) is 5.82 Å². The minimum atomic E-state index is -0.0395. The number of aromatic nitrogens is 3. The Morgan fingerprint density at radius 2 is 1.92 bits per heavy atom. The minimum Gasteiger partial charge on any atom is -0.352 e. The lowest BCUT2D eigenvalue weighted by Crippen LogP contribution is -2.26. The lowest BCUT2D eigenvalue weighted by atomic mass is 10.1. The fraction of sp³-hybridized carbons (Fsp3) is 0.250. The standard InChI is InChI=1S/C20H22N4OS/c1-14-16(15(2)24(23-14)19-10-6-7-12-21-19)11-13-22-20(25)17-8-4-5-9-18(17)26-3/h4-10,12H,11,13H2,1-3H3,(H,22,25). The number of carbonyl (C=O) groups excluding carboxylic acids is 1. The van der Waals surface area contributed by atoms with Gasteiger partial charge in [-0.25, -0.2) is 9.67 Å². The summed E-state index contributed by atoms with van der Waals surface area (Å²) in [4.78, 5) is 17.8. The smallest absolute Gasteiger partial charge is 0.252 e. The summed E-state index contributed by atoms with van der Waals surface area (Å²) in [5.74, 6) is 0.764. The molecule has 0 saturated carbocycles. The molecule has 3 rings (SSSR count). The Morgan fingerprint density at radius 1 is 1.15 bits per heavy atom. The molecule has 0 atom stereocenters. The van der Waals surface area contributed by atoms with Crippen molar-refractivity contribution in [1.29, 1.82) is 0 Å². The third-order valence-electron chi connectivity index (χ3n) is 4.32. The van der Waals surface area contributed by atoms with Crippen LogP contribution in [0.4, 0.5) is 0 Å². The second-order valence-corrected chi connectivity index (χ2v) is 6.80. The highest BCUT2D eigenvalue weighted by atomic mass is 32.2. The van der Waals surface area contributed by atoms with Gasteiger partial charge in [-0.1, -0.05) is 18.2 Å². The van der Waals surface area contributed by atoms with E-state index in [-0.39, 0.29) is 5.91 Å². The molecule has 1 amide bonds. The summed E-state index contributed by atoms with van der Waals surface area (Å²) >= 11 is 1.58. The number of nitrogens with one attached hydrogen (secondary N) is 1. The molecule has 3 aromatic rings. The first-order chi connectivity index (χ1) is 12.6. The van der Waals surface area contributed by atoms with Crippen LogP contribution < -0.4 is 5.32 Å². The Labute approximate surface area is 157 Å². The van der Waals surface area contributed by atoms with Crippen molar-refractivity contribution in [3.05, 3.63) is 71.2 Å². The molecule has 26 heavy (non-hydrogen) atoms. The normalized spacial score (nSPS) is 10.7. The topological polar surface area (TPSA) is 59.8 Å². The molecule has 0 aliphatic carbocycles. The summed E-state index contributed by atoms with van der Waals surface area (Å²) in [7, 11) is 0. The number of nitrogens with zero attached hydrogens (tertiary/aromatic N) is 3. The molecular weight excluding hydrogens is 344 g/mol. The monoisotopic (exact) mass is 366 g/mol. The molecule has 1 aromatic carbocycles. The van der Waals surface area contributed by atoms with E-state index in [4.69, 9.17) is 0 Å². The molecule has 6 heteroatoms. The predicted molar refractivity (Wildman–Crippen MR) is 105 cm³/mol. The van der Waals surface area contributed by atoms with E-state index < -0.39 is 0 Å². The number of hydrogen-bond acceptors (Lipinski definition) is 4. The van der Waals surface area contributed by atoms with Crippen molar-refractivity contribution in [2.24, 2.45) is 0 Å². The summed E-state index contributed by atoms with van der Waals surface area (Å²) in [6, 6.07) is 13.4. The van der Waals surface area contributed by atoms with E-state index in [1.54, 1.807) is 18.0 Å². The van der Waals surface area contributed by atoms with Crippen molar-refractivity contribution in [3.8, 4) is 5.82 Å². The molecule has 0 unspecified atom stereocenters. The first kappa shape index (κ1) is 18.2. The van der Waals surface area contributed by atoms with Gasteiger partial charge in [0.05, 0.1) is 11.3 Å². The van der Waals surface area contributed by atoms with Crippen molar-refractivity contribution in [3.63, 3.8) is 0 Å². The quantitative estimate of drug-likeness (QED) is 0.678. The van der Waals surface area contributed by atoms with Crippen LogP contribution in [0.3, 0.4) is 0 Å². The average molecular weight is 366 g/mol. The van der Waals surface area contributed by atoms with E-state index in [0.717, 1.165) is 39.6 Å². The molecule has 0 saturated heterocycles. The minimum absolute atomic E-state index is 0.0395. The van der Waals surface area contributed by atoms with E-state index in [9.17, 15) is 4.79 Å². The SMILES string of the molecule is CSc1ccccc1C(=O)NCCc1c(C)nn(-c2ccccn2)c1C. The Hall–Kier alpha value is -2.60. The molecule has 5 nitrogen and oxygen atoms in total. The molecule has 0 aliphatic rings. The molecule has 0 aliphatic heterocycles. The number of hydrogen-bond donors (Lipinski definition) is 1. The van der Waals surface area contributed by atoms with Crippen molar-refractivity contribution in [2.75, 3.05) is 12.8 Å². The van der Waals surface area contributed by atoms with Gasteiger partial charge >= 0.3 is 0 Å². The highest BCUT2D eigenvalue weighted by Crippen LogP contribution is 2.20. The second-order valence-electron chi connectivity index (χ2n) is 5.96. The second kappa shape index (κ2) is 8.19. The van der Waals surface area contributed by atoms with E-state index in [0.29, 0.717) is 6.54 Å². The molecular formula is C20H22N4OS. The first-order valence-corrected chi connectivity index (χ1v) is 9.72. The molecule has 134 valence electrons. The number of amides is 1. The Morgan fingerprint density at radius 3 is 2.65 bits per heavy atom. The third-order valence-corrected chi connectivity index (χ3v) is 5.12. The zero-order valence-corrected chi connectivity index (χ0v) is 16.0. The number of benzene rings is 1. The lowest BCUT2D eigenvalue weighted by Gasteiger charge is -2.09. The Balaban J connectivity index is 1.69. The fourth-order valence-corrected chi connectivity index (χ4v) is 3.56. The van der Waals surface area contributed by atoms with Crippen LogP contribution in [0.1, 0.15) is 27.3 Å². The van der Waals surface area contributed by atoms with Crippen LogP contribution in [0, 0.1) is 13.8 Å². The summed E-state index contributed by atoms with van der Waals surface area (Å²) in [6.45, 7) is 4.60. The van der Waals surface area contributed by atoms with Crippen molar-refractivity contribution in [1.82, 2.24) is 20.1 Å². The van der Waals surface area contributed by atoms with Gasteiger partial charge < -0.3 is 5.32 Å². The van der Waals surface area contributed by atoms with E-state index in [1.807, 2.05) is 67.2 Å². The van der Waals surface area contributed by atoms with Gasteiger partial charge in [-0.05, 0) is 56.4 Å². The number of rotatable bonds is 6. The Kier molecular flexibility index (Phi) is 5.73. The maximum Gasteiger partial charge on any atom is 0.252 e. The van der Waals surface area contributed by atoms with Crippen molar-refractivity contribution >= 4 is 17.7 Å². The number of aryl methyl sites for hydroxylation is 1. The molecule has 2 aromatic heterocycles. The summed E-state index contributed by atoms with van der Waals surface area (Å²) in [5.41, 5.74) is 3.89. The highest BCUT2D eigenvalue weighted by Gasteiger charge is 2.14. The van der Waals surface area contributed by atoms with Crippen molar-refractivity contribution < 1.29 is 4.79 Å². The molecule has 1 N–H and O–H groups in total. The number of thioether (sulfide) groups is 1. The van der Waals surface area contributed by atoms with Crippen molar-refractivity contribution in [2.45, 2.75) is 25.2 Å². The van der Waals surface area contributed by atoms with Gasteiger partial charge in [-0.2, -0.15) is 5.10 Å². The predicted octanol–water partition coefficient (Wildman–Crippen LogP) is 3.58. The van der Waals surface area contributed by atoms with E-state index >= 15 is 0 Å². The molecule has 2 heterocycles. The first-order valence-electron chi connectivity index (χ1n) is 8.49. The van der Waals surface area contributed by atoms with Crippen LogP contribution in [0.5, 0.6) is 0 Å². The molecule has 0 fully saturated rings. The summed E-state index contributed by atoms with van der Waals surface area (Å²) in [6.07, 6.45) is 4.47. The van der Waals surface area contributed by atoms with Crippen LogP contribution >= 0.6 is 11.8 Å². The zero-order chi connectivity index (χ0) is 18.5. The van der Waals surface area contributed by atoms with Gasteiger partial charge in [-0.3, -0.25) is 4.79 Å². The average Bonchev–Trinajstić information content (AvgIpc) is 2.96. The largest absolute Gasteiger partial charge is 0.352 e.